The van der Waals surface area contributed by atoms with E-state index in [0.717, 1.165) is 16.5 Å². The summed E-state index contributed by atoms with van der Waals surface area (Å²) >= 11 is 6.60. The molecule has 2 aromatic carbocycles. The smallest absolute Gasteiger partial charge is 0.251 e. The minimum atomic E-state index is -2.81. The predicted octanol–water partition coefficient (Wildman–Crippen LogP) is 6.02. The molecule has 1 saturated heterocycles. The molecule has 2 unspecified atom stereocenters. The van der Waals surface area contributed by atoms with Crippen molar-refractivity contribution in [2.45, 2.75) is 69.5 Å². The zero-order valence-corrected chi connectivity index (χ0v) is 24.5. The largest absolute Gasteiger partial charge is 0.351 e. The van der Waals surface area contributed by atoms with E-state index in [1.54, 1.807) is 61.5 Å². The third-order valence-electron chi connectivity index (χ3n) is 8.00. The van der Waals surface area contributed by atoms with Crippen LogP contribution in [0.25, 0.3) is 0 Å². The molecule has 12 heteroatoms. The Kier molecular flexibility index (Phi) is 8.92. The Morgan fingerprint density at radius 1 is 1.14 bits per heavy atom. The van der Waals surface area contributed by atoms with Crippen LogP contribution in [0.5, 0.6) is 0 Å². The molecule has 1 saturated carbocycles. The third-order valence-corrected chi connectivity index (χ3v) is 8.35. The van der Waals surface area contributed by atoms with Crippen molar-refractivity contribution in [1.82, 2.24) is 10.3 Å². The van der Waals surface area contributed by atoms with Gasteiger partial charge in [-0.25, -0.2) is 18.2 Å². The number of nitrogens with zero attached hydrogens (tertiary/aromatic N) is 4. The van der Waals surface area contributed by atoms with Gasteiger partial charge in [-0.2, -0.15) is 5.26 Å². The van der Waals surface area contributed by atoms with E-state index in [1.807, 2.05) is 0 Å². The van der Waals surface area contributed by atoms with Crippen LogP contribution < -0.4 is 15.1 Å². The van der Waals surface area contributed by atoms with Crippen LogP contribution in [0.4, 0.5) is 24.7 Å². The molecule has 1 aromatic heterocycles. The first kappa shape index (κ1) is 31.0. The van der Waals surface area contributed by atoms with E-state index in [0.29, 0.717) is 5.69 Å². The fourth-order valence-electron chi connectivity index (χ4n) is 5.77. The number of pyridine rings is 1. The topological polar surface area (TPSA) is 106 Å². The molecule has 228 valence electrons. The fraction of sp³-hybridized carbons (Fsp3) is 0.344. The van der Waals surface area contributed by atoms with Crippen molar-refractivity contribution >= 4 is 40.8 Å². The van der Waals surface area contributed by atoms with E-state index in [1.165, 1.54) is 11.1 Å². The molecule has 8 nitrogen and oxygen atoms in total. The van der Waals surface area contributed by atoms with Crippen molar-refractivity contribution < 1.29 is 27.6 Å². The maximum Gasteiger partial charge on any atom is 0.251 e. The van der Waals surface area contributed by atoms with Gasteiger partial charge in [-0.15, -0.1) is 0 Å². The number of alkyl halides is 2. The number of benzene rings is 2. The average molecular weight is 624 g/mol. The highest BCUT2D eigenvalue weighted by Crippen LogP contribution is 2.38. The van der Waals surface area contributed by atoms with Gasteiger partial charge >= 0.3 is 0 Å². The number of carbonyl (C=O) groups is 3. The number of halogens is 4. The molecule has 1 aliphatic heterocycles. The first-order chi connectivity index (χ1) is 21.0. The van der Waals surface area contributed by atoms with Crippen LogP contribution >= 0.6 is 11.6 Å². The van der Waals surface area contributed by atoms with Crippen molar-refractivity contribution in [2.24, 2.45) is 0 Å². The number of hydrogen-bond acceptors (Lipinski definition) is 5. The number of nitriles is 1. The number of anilines is 2. The minimum absolute atomic E-state index is 0.00749. The first-order valence-electron chi connectivity index (χ1n) is 14.2. The lowest BCUT2D eigenvalue weighted by molar-refractivity contribution is -0.128. The second kappa shape index (κ2) is 12.7. The van der Waals surface area contributed by atoms with Crippen LogP contribution in [0, 0.1) is 24.1 Å². The van der Waals surface area contributed by atoms with Crippen LogP contribution in [0.1, 0.15) is 61.3 Å². The molecule has 3 amide bonds. The summed E-state index contributed by atoms with van der Waals surface area (Å²) in [5.41, 5.74) is 1.00. The van der Waals surface area contributed by atoms with Gasteiger partial charge in [-0.1, -0.05) is 41.9 Å². The highest BCUT2D eigenvalue weighted by Gasteiger charge is 2.46. The summed E-state index contributed by atoms with van der Waals surface area (Å²) < 4.78 is 43.0. The summed E-state index contributed by atoms with van der Waals surface area (Å²) in [4.78, 5) is 48.1. The molecule has 0 bridgehead atoms. The van der Waals surface area contributed by atoms with Crippen molar-refractivity contribution in [1.29, 1.82) is 5.26 Å². The summed E-state index contributed by atoms with van der Waals surface area (Å²) in [6.07, 6.45) is 0.413. The molecule has 2 aliphatic rings. The quantitative estimate of drug-likeness (QED) is 0.347. The summed E-state index contributed by atoms with van der Waals surface area (Å²) in [5.74, 6) is -6.24. The molecule has 44 heavy (non-hydrogen) atoms. The van der Waals surface area contributed by atoms with Gasteiger partial charge in [-0.3, -0.25) is 24.2 Å². The van der Waals surface area contributed by atoms with Crippen LogP contribution in [0.3, 0.4) is 0 Å². The monoisotopic (exact) mass is 623 g/mol. The number of nitrogens with one attached hydrogen (secondary N) is 1. The minimum Gasteiger partial charge on any atom is -0.351 e. The lowest BCUT2D eigenvalue weighted by Gasteiger charge is -2.37. The molecule has 3 aromatic rings. The Labute approximate surface area is 257 Å². The van der Waals surface area contributed by atoms with Crippen LogP contribution in [0.2, 0.25) is 5.02 Å². The second-order valence-corrected chi connectivity index (χ2v) is 11.4. The fourth-order valence-corrected chi connectivity index (χ4v) is 6.01. The number of hydrogen-bond donors (Lipinski definition) is 1. The second-order valence-electron chi connectivity index (χ2n) is 11.0. The standard InChI is InChI=1S/C32H29ClF3N5O3/c1-19-5-4-6-22(17-19)40(31(44)25-9-10-26(42)41(25)29-27(34)20(18-37)13-16-38-29)28(23-7-2-3-8-24(23)33)30(43)39-21-11-14-32(35,36)15-12-21/h2-8,13,16-17,21,25,28H,9-12,14-15H2,1H3,(H,39,43). The van der Waals surface area contributed by atoms with Crippen LogP contribution in [0.15, 0.2) is 60.8 Å². The maximum absolute atomic E-state index is 15.3. The Balaban J connectivity index is 1.61. The van der Waals surface area contributed by atoms with E-state index in [4.69, 9.17) is 11.6 Å². The number of aromatic nitrogens is 1. The SMILES string of the molecule is Cc1cccc(N(C(=O)C2CCC(=O)N2c2nccc(C#N)c2F)C(C(=O)NC2CCC(F)(F)CC2)c2ccccc2Cl)c1. The number of aryl methyl sites for hydroxylation is 1. The Morgan fingerprint density at radius 3 is 2.55 bits per heavy atom. The lowest BCUT2D eigenvalue weighted by atomic mass is 9.91. The normalized spacial score (nSPS) is 18.9. The Bertz CT molecular complexity index is 1640. The highest BCUT2D eigenvalue weighted by molar-refractivity contribution is 6.31. The molecule has 0 spiro atoms. The van der Waals surface area contributed by atoms with Crippen molar-refractivity contribution in [3.05, 3.63) is 88.3 Å². The zero-order chi connectivity index (χ0) is 31.6. The third kappa shape index (κ3) is 6.26. The van der Waals surface area contributed by atoms with Crippen LogP contribution in [-0.4, -0.2) is 40.7 Å². The highest BCUT2D eigenvalue weighted by atomic mass is 35.5. The van der Waals surface area contributed by atoms with Gasteiger partial charge < -0.3 is 5.32 Å². The number of amides is 3. The van der Waals surface area contributed by atoms with E-state index in [9.17, 15) is 28.4 Å². The summed E-state index contributed by atoms with van der Waals surface area (Å²) in [7, 11) is 0. The van der Waals surface area contributed by atoms with Crippen molar-refractivity contribution in [3.8, 4) is 6.07 Å². The van der Waals surface area contributed by atoms with Crippen LogP contribution in [-0.2, 0) is 14.4 Å². The zero-order valence-electron chi connectivity index (χ0n) is 23.8. The number of rotatable bonds is 7. The molecular weight excluding hydrogens is 595 g/mol. The Morgan fingerprint density at radius 2 is 1.86 bits per heavy atom. The first-order valence-corrected chi connectivity index (χ1v) is 14.6. The molecule has 2 fully saturated rings. The Hall–Kier alpha value is -4.43. The van der Waals surface area contributed by atoms with E-state index in [2.05, 4.69) is 10.3 Å². The lowest BCUT2D eigenvalue weighted by Crippen LogP contribution is -2.53. The number of carbonyl (C=O) groups excluding carboxylic acids is 3. The summed E-state index contributed by atoms with van der Waals surface area (Å²) in [5, 5.41) is 12.4. The molecule has 1 aliphatic carbocycles. The average Bonchev–Trinajstić information content (AvgIpc) is 3.38. The van der Waals surface area contributed by atoms with Crippen molar-refractivity contribution in [2.75, 3.05) is 9.80 Å². The van der Waals surface area contributed by atoms with Gasteiger partial charge in [0.05, 0.1) is 5.56 Å². The van der Waals surface area contributed by atoms with E-state index < -0.39 is 53.4 Å². The van der Waals surface area contributed by atoms with Gasteiger partial charge in [0, 0.05) is 47.8 Å². The molecule has 5 rings (SSSR count). The van der Waals surface area contributed by atoms with Crippen molar-refractivity contribution in [3.63, 3.8) is 0 Å². The summed E-state index contributed by atoms with van der Waals surface area (Å²) in [6, 6.07) is 13.0. The van der Waals surface area contributed by atoms with Gasteiger partial charge in [0.1, 0.15) is 18.2 Å². The molecule has 2 heterocycles. The van der Waals surface area contributed by atoms with E-state index >= 15 is 4.39 Å². The molecule has 1 N–H and O–H groups in total. The summed E-state index contributed by atoms with van der Waals surface area (Å²) in [6.45, 7) is 1.80. The van der Waals surface area contributed by atoms with Gasteiger partial charge in [0.2, 0.25) is 17.7 Å². The molecule has 0 radical (unpaired) electrons. The molecular formula is C32H29ClF3N5O3. The van der Waals surface area contributed by atoms with Gasteiger partial charge in [0.25, 0.3) is 5.91 Å². The maximum atomic E-state index is 15.3. The van der Waals surface area contributed by atoms with E-state index in [-0.39, 0.29) is 54.7 Å². The predicted molar refractivity (Wildman–Crippen MR) is 158 cm³/mol. The molecule has 2 atom stereocenters. The van der Waals surface area contributed by atoms with Gasteiger partial charge in [-0.05, 0) is 56.0 Å². The van der Waals surface area contributed by atoms with Gasteiger partial charge in [0.15, 0.2) is 11.6 Å².